The molecule has 0 spiro atoms. The highest BCUT2D eigenvalue weighted by Crippen LogP contribution is 2.20. The van der Waals surface area contributed by atoms with Crippen LogP contribution in [0.15, 0.2) is 28.7 Å². The molecule has 1 saturated heterocycles. The summed E-state index contributed by atoms with van der Waals surface area (Å²) in [6.45, 7) is 8.99. The fourth-order valence-corrected chi connectivity index (χ4v) is 2.77. The third-order valence-electron chi connectivity index (χ3n) is 3.95. The fourth-order valence-electron chi connectivity index (χ4n) is 2.77. The molecule has 2 heterocycles. The molecule has 4 heteroatoms. The molecule has 1 N–H and O–H groups in total. The Kier molecular flexibility index (Phi) is 4.91. The maximum atomic E-state index is 5.83. The lowest BCUT2D eigenvalue weighted by molar-refractivity contribution is 0.0374. The molecule has 1 aromatic heterocycles. The SMILES string of the molecule is Cc1ccc2oc(CNCCCN3CCOCC3)cc2c1. The molecule has 3 rings (SSSR count). The Morgan fingerprint density at radius 2 is 2.05 bits per heavy atom. The minimum atomic E-state index is 0.802. The fraction of sp³-hybridized carbons (Fsp3) is 0.529. The maximum absolute atomic E-state index is 5.83. The van der Waals surface area contributed by atoms with Crippen molar-refractivity contribution in [3.8, 4) is 0 Å². The Bertz CT molecular complexity index is 573. The highest BCUT2D eigenvalue weighted by molar-refractivity contribution is 5.78. The molecule has 4 nitrogen and oxygen atoms in total. The summed E-state index contributed by atoms with van der Waals surface area (Å²) < 4.78 is 11.2. The molecule has 0 unspecified atom stereocenters. The first-order valence-corrected chi connectivity index (χ1v) is 7.81. The second-order valence-electron chi connectivity index (χ2n) is 5.74. The smallest absolute Gasteiger partial charge is 0.134 e. The van der Waals surface area contributed by atoms with E-state index in [4.69, 9.17) is 9.15 Å². The summed E-state index contributed by atoms with van der Waals surface area (Å²) >= 11 is 0. The van der Waals surface area contributed by atoms with Crippen molar-refractivity contribution in [1.29, 1.82) is 0 Å². The van der Waals surface area contributed by atoms with Crippen LogP contribution in [0.25, 0.3) is 11.0 Å². The topological polar surface area (TPSA) is 37.6 Å². The lowest BCUT2D eigenvalue weighted by Gasteiger charge is -2.26. The Morgan fingerprint density at radius 3 is 2.90 bits per heavy atom. The van der Waals surface area contributed by atoms with Crippen LogP contribution in [0.3, 0.4) is 0 Å². The maximum Gasteiger partial charge on any atom is 0.134 e. The van der Waals surface area contributed by atoms with Gasteiger partial charge in [0, 0.05) is 18.5 Å². The summed E-state index contributed by atoms with van der Waals surface area (Å²) in [5.41, 5.74) is 2.25. The van der Waals surface area contributed by atoms with E-state index in [1.165, 1.54) is 17.4 Å². The zero-order valence-electron chi connectivity index (χ0n) is 12.7. The normalized spacial score (nSPS) is 16.6. The number of benzene rings is 1. The Balaban J connectivity index is 1.40. The van der Waals surface area contributed by atoms with Gasteiger partial charge in [-0.25, -0.2) is 0 Å². The molecule has 1 aliphatic rings. The Hall–Kier alpha value is -1.36. The van der Waals surface area contributed by atoms with Crippen LogP contribution in [0.1, 0.15) is 17.7 Å². The van der Waals surface area contributed by atoms with Crippen molar-refractivity contribution in [1.82, 2.24) is 10.2 Å². The molecule has 0 amide bonds. The summed E-state index contributed by atoms with van der Waals surface area (Å²) in [6, 6.07) is 8.44. The lowest BCUT2D eigenvalue weighted by atomic mass is 10.2. The summed E-state index contributed by atoms with van der Waals surface area (Å²) in [7, 11) is 0. The van der Waals surface area contributed by atoms with Gasteiger partial charge >= 0.3 is 0 Å². The average Bonchev–Trinajstić information content (AvgIpc) is 2.90. The van der Waals surface area contributed by atoms with Gasteiger partial charge in [-0.15, -0.1) is 0 Å². The molecule has 1 fully saturated rings. The van der Waals surface area contributed by atoms with Crippen molar-refractivity contribution in [2.45, 2.75) is 19.9 Å². The van der Waals surface area contributed by atoms with Gasteiger partial charge in [0.2, 0.25) is 0 Å². The van der Waals surface area contributed by atoms with Crippen molar-refractivity contribution in [2.75, 3.05) is 39.4 Å². The van der Waals surface area contributed by atoms with E-state index in [0.717, 1.165) is 57.3 Å². The molecule has 1 aliphatic heterocycles. The lowest BCUT2D eigenvalue weighted by Crippen LogP contribution is -2.37. The zero-order valence-corrected chi connectivity index (χ0v) is 12.7. The summed E-state index contributed by atoms with van der Waals surface area (Å²) in [5, 5.41) is 4.66. The third-order valence-corrected chi connectivity index (χ3v) is 3.95. The number of morpholine rings is 1. The number of hydrogen-bond acceptors (Lipinski definition) is 4. The quantitative estimate of drug-likeness (QED) is 0.829. The number of nitrogens with one attached hydrogen (secondary N) is 1. The van der Waals surface area contributed by atoms with Crippen LogP contribution in [0.5, 0.6) is 0 Å². The van der Waals surface area contributed by atoms with E-state index in [0.29, 0.717) is 0 Å². The Labute approximate surface area is 126 Å². The predicted molar refractivity (Wildman–Crippen MR) is 84.5 cm³/mol. The van der Waals surface area contributed by atoms with Gasteiger partial charge in [0.05, 0.1) is 19.8 Å². The molecule has 0 bridgehead atoms. The highest BCUT2D eigenvalue weighted by Gasteiger charge is 2.09. The van der Waals surface area contributed by atoms with Crippen LogP contribution in [-0.4, -0.2) is 44.3 Å². The molecule has 2 aromatic rings. The van der Waals surface area contributed by atoms with Crippen LogP contribution < -0.4 is 5.32 Å². The molecular formula is C17H24N2O2. The number of nitrogens with zero attached hydrogens (tertiary/aromatic N) is 1. The van der Waals surface area contributed by atoms with Crippen molar-refractivity contribution in [2.24, 2.45) is 0 Å². The number of furan rings is 1. The first-order valence-electron chi connectivity index (χ1n) is 7.81. The number of fused-ring (bicyclic) bond motifs is 1. The molecule has 1 aromatic carbocycles. The molecule has 0 aliphatic carbocycles. The number of aryl methyl sites for hydroxylation is 1. The van der Waals surface area contributed by atoms with E-state index in [9.17, 15) is 0 Å². The second kappa shape index (κ2) is 7.07. The van der Waals surface area contributed by atoms with Crippen molar-refractivity contribution >= 4 is 11.0 Å². The summed E-state index contributed by atoms with van der Waals surface area (Å²) in [4.78, 5) is 2.47. The van der Waals surface area contributed by atoms with Crippen molar-refractivity contribution in [3.63, 3.8) is 0 Å². The molecule has 0 saturated carbocycles. The van der Waals surface area contributed by atoms with E-state index in [2.05, 4.69) is 35.3 Å². The van der Waals surface area contributed by atoms with Crippen LogP contribution in [-0.2, 0) is 11.3 Å². The van der Waals surface area contributed by atoms with E-state index in [-0.39, 0.29) is 0 Å². The van der Waals surface area contributed by atoms with E-state index in [1.54, 1.807) is 0 Å². The highest BCUT2D eigenvalue weighted by atomic mass is 16.5. The third kappa shape index (κ3) is 4.06. The number of ether oxygens (including phenoxy) is 1. The Morgan fingerprint density at radius 1 is 1.19 bits per heavy atom. The van der Waals surface area contributed by atoms with E-state index in [1.807, 2.05) is 6.07 Å². The van der Waals surface area contributed by atoms with Gasteiger partial charge in [-0.3, -0.25) is 4.90 Å². The van der Waals surface area contributed by atoms with Gasteiger partial charge in [-0.2, -0.15) is 0 Å². The molecule has 21 heavy (non-hydrogen) atoms. The van der Waals surface area contributed by atoms with Crippen LogP contribution >= 0.6 is 0 Å². The largest absolute Gasteiger partial charge is 0.460 e. The van der Waals surface area contributed by atoms with Gasteiger partial charge in [0.15, 0.2) is 0 Å². The van der Waals surface area contributed by atoms with Crippen molar-refractivity contribution < 1.29 is 9.15 Å². The minimum Gasteiger partial charge on any atom is -0.460 e. The van der Waals surface area contributed by atoms with Crippen LogP contribution in [0.4, 0.5) is 0 Å². The van der Waals surface area contributed by atoms with E-state index >= 15 is 0 Å². The average molecular weight is 288 g/mol. The van der Waals surface area contributed by atoms with Gasteiger partial charge < -0.3 is 14.5 Å². The molecule has 0 atom stereocenters. The van der Waals surface area contributed by atoms with Crippen LogP contribution in [0, 0.1) is 6.92 Å². The van der Waals surface area contributed by atoms with Gasteiger partial charge in [-0.05, 0) is 44.6 Å². The molecule has 0 radical (unpaired) electrons. The van der Waals surface area contributed by atoms with Crippen molar-refractivity contribution in [3.05, 3.63) is 35.6 Å². The molecular weight excluding hydrogens is 264 g/mol. The predicted octanol–water partition coefficient (Wildman–Crippen LogP) is 2.55. The first kappa shape index (κ1) is 14.6. The second-order valence-corrected chi connectivity index (χ2v) is 5.74. The molecule has 114 valence electrons. The van der Waals surface area contributed by atoms with Gasteiger partial charge in [-0.1, -0.05) is 11.6 Å². The first-order chi connectivity index (χ1) is 10.3. The summed E-state index contributed by atoms with van der Waals surface area (Å²) in [5.74, 6) is 1.02. The van der Waals surface area contributed by atoms with Gasteiger partial charge in [0.25, 0.3) is 0 Å². The minimum absolute atomic E-state index is 0.802. The number of rotatable bonds is 6. The monoisotopic (exact) mass is 288 g/mol. The standard InChI is InChI=1S/C17H24N2O2/c1-14-3-4-17-15(11-14)12-16(21-17)13-18-5-2-6-19-7-9-20-10-8-19/h3-4,11-12,18H,2,5-10,13H2,1H3. The summed E-state index contributed by atoms with van der Waals surface area (Å²) in [6.07, 6.45) is 1.17. The zero-order chi connectivity index (χ0) is 14.5. The number of hydrogen-bond donors (Lipinski definition) is 1. The van der Waals surface area contributed by atoms with E-state index < -0.39 is 0 Å². The van der Waals surface area contributed by atoms with Crippen LogP contribution in [0.2, 0.25) is 0 Å². The van der Waals surface area contributed by atoms with Gasteiger partial charge in [0.1, 0.15) is 11.3 Å².